The molecular formula is C18H17F3N4O2. The average molecular weight is 378 g/mol. The first kappa shape index (κ1) is 18.7. The molecule has 1 amide bonds. The number of hydrogen-bond acceptors (Lipinski definition) is 4. The Bertz CT molecular complexity index is 936. The first-order valence-electron chi connectivity index (χ1n) is 8.18. The van der Waals surface area contributed by atoms with Crippen molar-refractivity contribution in [3.63, 3.8) is 0 Å². The van der Waals surface area contributed by atoms with Crippen LogP contribution in [0.5, 0.6) is 5.75 Å². The molecule has 27 heavy (non-hydrogen) atoms. The molecule has 0 radical (unpaired) electrons. The van der Waals surface area contributed by atoms with Gasteiger partial charge in [0.15, 0.2) is 0 Å². The topological polar surface area (TPSA) is 69.0 Å². The molecule has 0 fully saturated rings. The predicted octanol–water partition coefficient (Wildman–Crippen LogP) is 2.82. The number of pyridine rings is 1. The summed E-state index contributed by atoms with van der Waals surface area (Å²) >= 11 is 0. The zero-order valence-electron chi connectivity index (χ0n) is 14.5. The number of ether oxygens (including phenoxy) is 1. The molecule has 0 aliphatic carbocycles. The summed E-state index contributed by atoms with van der Waals surface area (Å²) in [5, 5.41) is 7.73. The Labute approximate surface area is 153 Å². The third kappa shape index (κ3) is 4.55. The van der Waals surface area contributed by atoms with E-state index in [2.05, 4.69) is 15.4 Å². The standard InChI is InChI=1S/C18H17F3N4O2/c1-22-17(26)10-16-14-11-25(24-15(14)6-7-23-16)8-9-27-13-4-2-12(3-5-13)18(19,20)21/h2-7,11H,8-10H2,1H3,(H,22,26). The largest absolute Gasteiger partial charge is 0.492 e. The number of halogens is 3. The van der Waals surface area contributed by atoms with Crippen LogP contribution < -0.4 is 10.1 Å². The highest BCUT2D eigenvalue weighted by atomic mass is 19.4. The summed E-state index contributed by atoms with van der Waals surface area (Å²) in [4.78, 5) is 15.8. The van der Waals surface area contributed by atoms with E-state index in [1.54, 1.807) is 30.2 Å². The van der Waals surface area contributed by atoms with Crippen LogP contribution in [-0.4, -0.2) is 34.3 Å². The Morgan fingerprint density at radius 2 is 1.96 bits per heavy atom. The summed E-state index contributed by atoms with van der Waals surface area (Å²) < 4.78 is 44.8. The summed E-state index contributed by atoms with van der Waals surface area (Å²) in [6.45, 7) is 0.632. The van der Waals surface area contributed by atoms with Crippen LogP contribution in [0.1, 0.15) is 11.3 Å². The van der Waals surface area contributed by atoms with E-state index in [9.17, 15) is 18.0 Å². The number of nitrogens with zero attached hydrogens (tertiary/aromatic N) is 3. The van der Waals surface area contributed by atoms with Crippen molar-refractivity contribution in [1.82, 2.24) is 20.1 Å². The van der Waals surface area contributed by atoms with Crippen molar-refractivity contribution in [1.29, 1.82) is 0 Å². The lowest BCUT2D eigenvalue weighted by atomic mass is 10.2. The number of carbonyl (C=O) groups excluding carboxylic acids is 1. The molecule has 9 heteroatoms. The molecule has 0 saturated carbocycles. The lowest BCUT2D eigenvalue weighted by Crippen LogP contribution is -2.20. The minimum atomic E-state index is -4.37. The van der Waals surface area contributed by atoms with Crippen LogP contribution in [0, 0.1) is 0 Å². The molecule has 0 spiro atoms. The highest BCUT2D eigenvalue weighted by Gasteiger charge is 2.30. The molecule has 2 aromatic heterocycles. The molecule has 2 heterocycles. The molecule has 1 N–H and O–H groups in total. The number of amides is 1. The van der Waals surface area contributed by atoms with E-state index in [1.165, 1.54) is 12.1 Å². The smallest absolute Gasteiger partial charge is 0.416 e. The van der Waals surface area contributed by atoms with E-state index in [0.717, 1.165) is 17.5 Å². The van der Waals surface area contributed by atoms with Crippen molar-refractivity contribution in [3.8, 4) is 5.75 Å². The van der Waals surface area contributed by atoms with Gasteiger partial charge in [-0.25, -0.2) is 0 Å². The quantitative estimate of drug-likeness (QED) is 0.716. The number of alkyl halides is 3. The van der Waals surface area contributed by atoms with Gasteiger partial charge < -0.3 is 10.1 Å². The van der Waals surface area contributed by atoms with Crippen LogP contribution in [0.3, 0.4) is 0 Å². The van der Waals surface area contributed by atoms with E-state index in [0.29, 0.717) is 23.5 Å². The summed E-state index contributed by atoms with van der Waals surface area (Å²) in [6, 6.07) is 6.28. The monoisotopic (exact) mass is 378 g/mol. The lowest BCUT2D eigenvalue weighted by molar-refractivity contribution is -0.137. The Kier molecular flexibility index (Phi) is 5.29. The molecule has 0 unspecified atom stereocenters. The van der Waals surface area contributed by atoms with Gasteiger partial charge in [0.2, 0.25) is 5.91 Å². The van der Waals surface area contributed by atoms with E-state index < -0.39 is 11.7 Å². The fourth-order valence-electron chi connectivity index (χ4n) is 2.54. The second-order valence-electron chi connectivity index (χ2n) is 5.80. The number of likely N-dealkylation sites (N-methyl/N-ethyl adjacent to an activating group) is 1. The summed E-state index contributed by atoms with van der Waals surface area (Å²) in [5.41, 5.74) is 0.615. The maximum atomic E-state index is 12.5. The maximum Gasteiger partial charge on any atom is 0.416 e. The van der Waals surface area contributed by atoms with Crippen molar-refractivity contribution < 1.29 is 22.7 Å². The van der Waals surface area contributed by atoms with Crippen molar-refractivity contribution in [2.24, 2.45) is 0 Å². The molecule has 0 aliphatic rings. The first-order chi connectivity index (χ1) is 12.9. The van der Waals surface area contributed by atoms with Crippen LogP contribution in [0.4, 0.5) is 13.2 Å². The van der Waals surface area contributed by atoms with Gasteiger partial charge in [0.25, 0.3) is 0 Å². The third-order valence-corrected chi connectivity index (χ3v) is 3.94. The minimum Gasteiger partial charge on any atom is -0.492 e. The Morgan fingerprint density at radius 1 is 1.22 bits per heavy atom. The molecule has 142 valence electrons. The van der Waals surface area contributed by atoms with Gasteiger partial charge >= 0.3 is 6.18 Å². The molecule has 0 atom stereocenters. The SMILES string of the molecule is CNC(=O)Cc1nccc2nn(CCOc3ccc(C(F)(F)F)cc3)cc12. The van der Waals surface area contributed by atoms with Gasteiger partial charge in [0.05, 0.1) is 29.7 Å². The molecule has 3 aromatic rings. The third-order valence-electron chi connectivity index (χ3n) is 3.94. The van der Waals surface area contributed by atoms with Gasteiger partial charge in [-0.05, 0) is 30.3 Å². The molecule has 0 bridgehead atoms. The predicted molar refractivity (Wildman–Crippen MR) is 92.2 cm³/mol. The number of rotatable bonds is 6. The van der Waals surface area contributed by atoms with E-state index in [1.807, 2.05) is 0 Å². The zero-order valence-corrected chi connectivity index (χ0v) is 14.5. The number of aromatic nitrogens is 3. The fourth-order valence-corrected chi connectivity index (χ4v) is 2.54. The zero-order chi connectivity index (χ0) is 19.4. The van der Waals surface area contributed by atoms with Crippen molar-refractivity contribution in [2.45, 2.75) is 19.1 Å². The van der Waals surface area contributed by atoms with Gasteiger partial charge in [-0.1, -0.05) is 0 Å². The van der Waals surface area contributed by atoms with Gasteiger partial charge in [0.1, 0.15) is 12.4 Å². The number of benzene rings is 1. The Morgan fingerprint density at radius 3 is 2.63 bits per heavy atom. The second-order valence-corrected chi connectivity index (χ2v) is 5.80. The van der Waals surface area contributed by atoms with Crippen LogP contribution in [-0.2, 0) is 23.9 Å². The van der Waals surface area contributed by atoms with E-state index >= 15 is 0 Å². The lowest BCUT2D eigenvalue weighted by Gasteiger charge is -2.09. The van der Waals surface area contributed by atoms with Gasteiger partial charge in [0, 0.05) is 24.8 Å². The highest BCUT2D eigenvalue weighted by molar-refractivity contribution is 5.86. The second kappa shape index (κ2) is 7.65. The summed E-state index contributed by atoms with van der Waals surface area (Å²) in [6.07, 6.45) is -0.844. The Balaban J connectivity index is 1.64. The van der Waals surface area contributed by atoms with Crippen molar-refractivity contribution in [2.75, 3.05) is 13.7 Å². The van der Waals surface area contributed by atoms with Crippen LogP contribution in [0.25, 0.3) is 10.9 Å². The molecule has 6 nitrogen and oxygen atoms in total. The normalized spacial score (nSPS) is 11.6. The van der Waals surface area contributed by atoms with E-state index in [4.69, 9.17) is 4.74 Å². The minimum absolute atomic E-state index is 0.145. The molecule has 3 rings (SSSR count). The summed E-state index contributed by atoms with van der Waals surface area (Å²) in [5.74, 6) is 0.204. The Hall–Kier alpha value is -3.10. The molecular weight excluding hydrogens is 361 g/mol. The van der Waals surface area contributed by atoms with Gasteiger partial charge in [-0.15, -0.1) is 0 Å². The van der Waals surface area contributed by atoms with Gasteiger partial charge in [-0.2, -0.15) is 18.3 Å². The molecule has 1 aromatic carbocycles. The highest BCUT2D eigenvalue weighted by Crippen LogP contribution is 2.30. The number of fused-ring (bicyclic) bond motifs is 1. The van der Waals surface area contributed by atoms with Crippen molar-refractivity contribution in [3.05, 3.63) is 54.0 Å². The molecule has 0 saturated heterocycles. The number of nitrogens with one attached hydrogen (secondary N) is 1. The maximum absolute atomic E-state index is 12.5. The average Bonchev–Trinajstić information content (AvgIpc) is 3.05. The van der Waals surface area contributed by atoms with E-state index in [-0.39, 0.29) is 18.9 Å². The van der Waals surface area contributed by atoms with Crippen LogP contribution in [0.15, 0.2) is 42.7 Å². The van der Waals surface area contributed by atoms with Crippen molar-refractivity contribution >= 4 is 16.8 Å². The van der Waals surface area contributed by atoms with Crippen LogP contribution >= 0.6 is 0 Å². The number of hydrogen-bond donors (Lipinski definition) is 1. The first-order valence-corrected chi connectivity index (χ1v) is 8.18. The molecule has 0 aliphatic heterocycles. The van der Waals surface area contributed by atoms with Crippen LogP contribution in [0.2, 0.25) is 0 Å². The summed E-state index contributed by atoms with van der Waals surface area (Å²) in [7, 11) is 1.56. The van der Waals surface area contributed by atoms with Gasteiger partial charge in [-0.3, -0.25) is 14.5 Å². The fraction of sp³-hybridized carbons (Fsp3) is 0.278. The number of carbonyl (C=O) groups is 1.